The van der Waals surface area contributed by atoms with Crippen molar-refractivity contribution in [3.63, 3.8) is 0 Å². The molecule has 0 bridgehead atoms. The highest BCUT2D eigenvalue weighted by Crippen LogP contribution is 2.59. The van der Waals surface area contributed by atoms with Crippen molar-refractivity contribution in [3.05, 3.63) is 507 Å². The first kappa shape index (κ1) is 74.7. The Morgan fingerprint density at radius 3 is 0.715 bits per heavy atom. The van der Waals surface area contributed by atoms with Crippen LogP contribution in [0.3, 0.4) is 0 Å². The molecule has 4 heterocycles. The Bertz CT molecular complexity index is 8790. The van der Waals surface area contributed by atoms with Crippen LogP contribution in [0.1, 0.15) is 33.4 Å². The molecule has 0 spiro atoms. The first-order valence-corrected chi connectivity index (χ1v) is 44.7. The van der Waals surface area contributed by atoms with Crippen LogP contribution >= 0.6 is 0 Å². The standard InChI is InChI=1S/C124H80N4O2/c129-123(85-35-9-3-10-36-85)106-54-28-48-94(122(106)124(130,86-37-11-4-12-38-86)105-53-27-47-93(121(105)123)81-67-75-88(76-68-81)126-109-57-21-15-41-97(109)98-42-16-22-58-110(98)126)82-69-77-90(78-70-82)128-112-60-24-18-44-102(112)118-100(50-30-62-114(118)128)99-49-29-61-113-117(99)101-43-17-23-59-111(101)127(113)89-73-65-80(66-74-89)92-46-26-52-104-115(83-31-5-1-6-32-83)119-91(45-25-51-103(119)116(120(92)104)84-33-7-2-8-34-84)79-63-71-87(72-64-79)125-107-55-19-13-39-95(107)96-40-14-20-56-108(96)125/h1-78,129-130H. The number of hydrogen-bond acceptors (Lipinski definition) is 2. The number of benzene rings is 21. The van der Waals surface area contributed by atoms with Gasteiger partial charge in [0.2, 0.25) is 0 Å². The molecule has 0 radical (unpaired) electrons. The maximum Gasteiger partial charge on any atom is 0.141 e. The van der Waals surface area contributed by atoms with E-state index in [0.29, 0.717) is 33.4 Å². The quantitative estimate of drug-likeness (QED) is 0.113. The van der Waals surface area contributed by atoms with Crippen LogP contribution in [0.25, 0.3) is 209 Å². The fourth-order valence-electron chi connectivity index (χ4n) is 22.4. The Balaban J connectivity index is 0.581. The molecule has 0 fully saturated rings. The van der Waals surface area contributed by atoms with E-state index >= 15 is 0 Å². The zero-order chi connectivity index (χ0) is 85.9. The van der Waals surface area contributed by atoms with Gasteiger partial charge in [-0.3, -0.25) is 0 Å². The summed E-state index contributed by atoms with van der Waals surface area (Å²) >= 11 is 0. The summed E-state index contributed by atoms with van der Waals surface area (Å²) in [6, 6.07) is 170. The Labute approximate surface area is 750 Å². The molecule has 0 saturated heterocycles. The third kappa shape index (κ3) is 11.1. The van der Waals surface area contributed by atoms with Gasteiger partial charge in [-0.1, -0.05) is 376 Å². The van der Waals surface area contributed by atoms with Crippen molar-refractivity contribution in [1.29, 1.82) is 0 Å². The fraction of sp³-hybridized carbons (Fsp3) is 0.0161. The maximum absolute atomic E-state index is 14.6. The van der Waals surface area contributed by atoms with Crippen molar-refractivity contribution in [2.75, 3.05) is 0 Å². The van der Waals surface area contributed by atoms with Crippen LogP contribution in [-0.2, 0) is 11.2 Å². The van der Waals surface area contributed by atoms with Gasteiger partial charge in [0.15, 0.2) is 0 Å². The lowest BCUT2D eigenvalue weighted by Crippen LogP contribution is -2.45. The highest BCUT2D eigenvalue weighted by Gasteiger charge is 2.53. The highest BCUT2D eigenvalue weighted by molar-refractivity contribution is 6.28. The molecule has 26 rings (SSSR count). The predicted molar refractivity (Wildman–Crippen MR) is 540 cm³/mol. The molecule has 4 aromatic heterocycles. The first-order valence-electron chi connectivity index (χ1n) is 44.7. The molecular weight excluding hydrogens is 1580 g/mol. The second-order valence-electron chi connectivity index (χ2n) is 34.6. The molecular formula is C124H80N4O2. The number of aliphatic hydroxyl groups is 2. The number of fused-ring (bicyclic) bond motifs is 16. The van der Waals surface area contributed by atoms with Gasteiger partial charge in [0.25, 0.3) is 0 Å². The Morgan fingerprint density at radius 2 is 0.385 bits per heavy atom. The van der Waals surface area contributed by atoms with E-state index in [9.17, 15) is 10.2 Å². The van der Waals surface area contributed by atoms with Gasteiger partial charge in [-0.2, -0.15) is 0 Å². The van der Waals surface area contributed by atoms with E-state index in [2.05, 4.69) is 407 Å². The van der Waals surface area contributed by atoms with Gasteiger partial charge >= 0.3 is 0 Å². The van der Waals surface area contributed by atoms with Crippen LogP contribution in [0.2, 0.25) is 0 Å². The Morgan fingerprint density at radius 1 is 0.154 bits per heavy atom. The van der Waals surface area contributed by atoms with Crippen molar-refractivity contribution >= 4 is 109 Å². The van der Waals surface area contributed by atoms with E-state index in [4.69, 9.17) is 0 Å². The molecule has 25 aromatic rings. The molecule has 6 nitrogen and oxygen atoms in total. The summed E-state index contributed by atoms with van der Waals surface area (Å²) in [5.41, 5.74) is 28.7. The molecule has 2 unspecified atom stereocenters. The monoisotopic (exact) mass is 1660 g/mol. The van der Waals surface area contributed by atoms with E-state index in [0.717, 1.165) is 122 Å². The average molecular weight is 1660 g/mol. The number of nitrogens with zero attached hydrogens (tertiary/aromatic N) is 4. The smallest absolute Gasteiger partial charge is 0.141 e. The highest BCUT2D eigenvalue weighted by atomic mass is 16.3. The topological polar surface area (TPSA) is 60.2 Å². The van der Waals surface area contributed by atoms with Gasteiger partial charge in [0.1, 0.15) is 11.2 Å². The molecule has 2 N–H and O–H groups in total. The van der Waals surface area contributed by atoms with Gasteiger partial charge in [-0.15, -0.1) is 0 Å². The summed E-state index contributed by atoms with van der Waals surface area (Å²) in [5.74, 6) is 0. The molecule has 21 aromatic carbocycles. The van der Waals surface area contributed by atoms with Crippen molar-refractivity contribution in [1.82, 2.24) is 18.3 Å². The molecule has 2 atom stereocenters. The summed E-state index contributed by atoms with van der Waals surface area (Å²) in [4.78, 5) is 0. The van der Waals surface area contributed by atoms with Crippen molar-refractivity contribution in [3.8, 4) is 101 Å². The number of hydrogen-bond donors (Lipinski definition) is 2. The lowest BCUT2D eigenvalue weighted by atomic mass is 9.60. The van der Waals surface area contributed by atoms with E-state index < -0.39 is 11.2 Å². The zero-order valence-corrected chi connectivity index (χ0v) is 70.7. The van der Waals surface area contributed by atoms with E-state index in [1.54, 1.807) is 0 Å². The van der Waals surface area contributed by atoms with Gasteiger partial charge in [0.05, 0.1) is 44.1 Å². The summed E-state index contributed by atoms with van der Waals surface area (Å²) in [6.07, 6.45) is 0. The maximum atomic E-state index is 14.6. The molecule has 0 saturated carbocycles. The minimum absolute atomic E-state index is 0.603. The lowest BCUT2D eigenvalue weighted by molar-refractivity contribution is 0.0757. The SMILES string of the molecule is OC1(c2ccccc2)c2cccc(-c3ccc(-n4c5ccccc5c5c(-c6cccc7c6c6ccccc6n7-c6ccc(-c7cccc8c(-c9ccccc9)c9c(-c%10ccc(-n%11c%12ccccc%12c%12ccccc%12%11)cc%10)cccc9c(-c9ccccc9)c78)cc6)cccc54)cc3)c2C(O)(c2ccccc2)c2cccc(-c3ccc(-n4c5ccccc5c5ccccc54)cc3)c21. The van der Waals surface area contributed by atoms with Crippen LogP contribution in [0.5, 0.6) is 0 Å². The van der Waals surface area contributed by atoms with Crippen molar-refractivity contribution < 1.29 is 10.2 Å². The van der Waals surface area contributed by atoms with Crippen LogP contribution < -0.4 is 0 Å². The molecule has 1 aliphatic carbocycles. The van der Waals surface area contributed by atoms with Crippen molar-refractivity contribution in [2.45, 2.75) is 11.2 Å². The normalized spacial score (nSPS) is 14.4. The van der Waals surface area contributed by atoms with E-state index in [-0.39, 0.29) is 0 Å². The predicted octanol–water partition coefficient (Wildman–Crippen LogP) is 30.9. The largest absolute Gasteiger partial charge is 0.376 e. The van der Waals surface area contributed by atoms with Crippen LogP contribution in [0, 0.1) is 0 Å². The minimum atomic E-state index is -1.75. The van der Waals surface area contributed by atoms with Crippen LogP contribution in [0.4, 0.5) is 0 Å². The zero-order valence-electron chi connectivity index (χ0n) is 70.7. The summed E-state index contributed by atoms with van der Waals surface area (Å²) in [6.45, 7) is 0. The third-order valence-corrected chi connectivity index (χ3v) is 27.9. The molecule has 6 heteroatoms. The van der Waals surface area contributed by atoms with E-state index in [1.165, 1.54) is 87.1 Å². The Hall–Kier alpha value is -16.7. The number of rotatable bonds is 13. The van der Waals surface area contributed by atoms with E-state index in [1.807, 2.05) is 84.9 Å². The molecule has 1 aliphatic rings. The van der Waals surface area contributed by atoms with Crippen LogP contribution in [0.15, 0.2) is 473 Å². The number of para-hydroxylation sites is 6. The lowest BCUT2D eigenvalue weighted by Gasteiger charge is -2.47. The Kier molecular flexibility index (Phi) is 16.9. The number of aromatic nitrogens is 4. The third-order valence-electron chi connectivity index (χ3n) is 27.9. The molecule has 130 heavy (non-hydrogen) atoms. The van der Waals surface area contributed by atoms with Gasteiger partial charge in [0, 0.05) is 88.1 Å². The molecule has 0 amide bonds. The fourth-order valence-corrected chi connectivity index (χ4v) is 22.4. The average Bonchev–Trinajstić information content (AvgIpc) is 1.15. The molecule has 608 valence electrons. The van der Waals surface area contributed by atoms with Gasteiger partial charge < -0.3 is 28.5 Å². The van der Waals surface area contributed by atoms with Crippen LogP contribution in [-0.4, -0.2) is 28.5 Å². The first-order chi connectivity index (χ1) is 64.3. The van der Waals surface area contributed by atoms with Gasteiger partial charge in [-0.25, -0.2) is 0 Å². The second-order valence-corrected chi connectivity index (χ2v) is 34.6. The van der Waals surface area contributed by atoms with Crippen molar-refractivity contribution in [2.24, 2.45) is 0 Å². The second kappa shape index (κ2) is 29.4. The molecule has 0 aliphatic heterocycles. The van der Waals surface area contributed by atoms with Gasteiger partial charge in [-0.05, 0) is 208 Å². The summed E-state index contributed by atoms with van der Waals surface area (Å²) in [7, 11) is 0. The summed E-state index contributed by atoms with van der Waals surface area (Å²) in [5, 5.41) is 43.5. The minimum Gasteiger partial charge on any atom is -0.376 e. The summed E-state index contributed by atoms with van der Waals surface area (Å²) < 4.78 is 9.58.